The van der Waals surface area contributed by atoms with Crippen LogP contribution in [0.3, 0.4) is 0 Å². The average Bonchev–Trinajstić information content (AvgIpc) is 2.47. The van der Waals surface area contributed by atoms with E-state index in [-0.39, 0.29) is 0 Å². The van der Waals surface area contributed by atoms with Crippen molar-refractivity contribution in [3.63, 3.8) is 0 Å². The molecule has 1 aromatic carbocycles. The van der Waals surface area contributed by atoms with E-state index in [2.05, 4.69) is 10.3 Å². The van der Waals surface area contributed by atoms with Crippen molar-refractivity contribution in [2.45, 2.75) is 20.1 Å². The summed E-state index contributed by atoms with van der Waals surface area (Å²) in [7, 11) is 3.57. The standard InChI is InChI=1S/C16H20N2O2/c1-12-5-4-8-18-15(12)11-20-16-7-6-14(19-3)9-13(16)10-17-2/h4-9,17H,10-11H2,1-3H3. The molecule has 1 N–H and O–H groups in total. The summed E-state index contributed by atoms with van der Waals surface area (Å²) in [5, 5.41) is 3.13. The highest BCUT2D eigenvalue weighted by atomic mass is 16.5. The van der Waals surface area contributed by atoms with Gasteiger partial charge in [0.2, 0.25) is 0 Å². The summed E-state index contributed by atoms with van der Waals surface area (Å²) in [4.78, 5) is 4.34. The molecule has 0 aliphatic carbocycles. The fourth-order valence-electron chi connectivity index (χ4n) is 1.97. The molecule has 4 heteroatoms. The molecule has 2 aromatic rings. The van der Waals surface area contributed by atoms with Crippen LogP contribution in [0, 0.1) is 6.92 Å². The van der Waals surface area contributed by atoms with Crippen molar-refractivity contribution in [2.75, 3.05) is 14.2 Å². The van der Waals surface area contributed by atoms with Crippen molar-refractivity contribution in [1.82, 2.24) is 10.3 Å². The molecule has 0 bridgehead atoms. The SMILES string of the molecule is CNCc1cc(OC)ccc1OCc1ncccc1C. The predicted octanol–water partition coefficient (Wildman–Crippen LogP) is 2.70. The summed E-state index contributed by atoms with van der Waals surface area (Å²) in [5.41, 5.74) is 3.16. The van der Waals surface area contributed by atoms with Gasteiger partial charge in [-0.25, -0.2) is 0 Å². The number of pyridine rings is 1. The molecule has 1 heterocycles. The molecule has 0 aliphatic heterocycles. The van der Waals surface area contributed by atoms with E-state index >= 15 is 0 Å². The van der Waals surface area contributed by atoms with Crippen molar-refractivity contribution >= 4 is 0 Å². The fraction of sp³-hybridized carbons (Fsp3) is 0.312. The zero-order chi connectivity index (χ0) is 14.4. The zero-order valence-electron chi connectivity index (χ0n) is 12.1. The molecule has 0 radical (unpaired) electrons. The smallest absolute Gasteiger partial charge is 0.130 e. The lowest BCUT2D eigenvalue weighted by molar-refractivity contribution is 0.296. The fourth-order valence-corrected chi connectivity index (χ4v) is 1.97. The molecule has 1 aromatic heterocycles. The Balaban J connectivity index is 2.14. The first kappa shape index (κ1) is 14.3. The minimum Gasteiger partial charge on any atom is -0.497 e. The monoisotopic (exact) mass is 272 g/mol. The molecule has 0 aliphatic rings. The molecule has 0 saturated carbocycles. The van der Waals surface area contributed by atoms with Gasteiger partial charge in [-0.2, -0.15) is 0 Å². The van der Waals surface area contributed by atoms with Crippen LogP contribution in [-0.4, -0.2) is 19.1 Å². The highest BCUT2D eigenvalue weighted by Crippen LogP contribution is 2.25. The van der Waals surface area contributed by atoms with Gasteiger partial charge < -0.3 is 14.8 Å². The topological polar surface area (TPSA) is 43.4 Å². The third-order valence-corrected chi connectivity index (χ3v) is 3.12. The Morgan fingerprint density at radius 2 is 2.10 bits per heavy atom. The van der Waals surface area contributed by atoms with Crippen molar-refractivity contribution in [2.24, 2.45) is 0 Å². The minimum atomic E-state index is 0.468. The number of methoxy groups -OCH3 is 1. The highest BCUT2D eigenvalue weighted by Gasteiger charge is 2.07. The van der Waals surface area contributed by atoms with Gasteiger partial charge in [0.1, 0.15) is 18.1 Å². The van der Waals surface area contributed by atoms with Crippen LogP contribution in [-0.2, 0) is 13.2 Å². The number of hydrogen-bond donors (Lipinski definition) is 1. The van der Waals surface area contributed by atoms with Crippen molar-refractivity contribution in [3.8, 4) is 11.5 Å². The molecule has 0 amide bonds. The third-order valence-electron chi connectivity index (χ3n) is 3.12. The largest absolute Gasteiger partial charge is 0.497 e. The zero-order valence-corrected chi connectivity index (χ0v) is 12.1. The van der Waals surface area contributed by atoms with Crippen molar-refractivity contribution in [3.05, 3.63) is 53.3 Å². The number of rotatable bonds is 6. The Bertz CT molecular complexity index is 570. The third kappa shape index (κ3) is 3.48. The van der Waals surface area contributed by atoms with E-state index in [1.54, 1.807) is 13.3 Å². The predicted molar refractivity (Wildman–Crippen MR) is 79.1 cm³/mol. The van der Waals surface area contributed by atoms with Gasteiger partial charge in [0, 0.05) is 18.3 Å². The Morgan fingerprint density at radius 1 is 1.25 bits per heavy atom. The first-order valence-electron chi connectivity index (χ1n) is 6.59. The number of aryl methyl sites for hydroxylation is 1. The summed E-state index contributed by atoms with van der Waals surface area (Å²) in [5.74, 6) is 1.68. The van der Waals surface area contributed by atoms with Crippen LogP contribution in [0.15, 0.2) is 36.5 Å². The van der Waals surface area contributed by atoms with Crippen LogP contribution in [0.1, 0.15) is 16.8 Å². The Hall–Kier alpha value is -2.07. The second-order valence-corrected chi connectivity index (χ2v) is 4.56. The van der Waals surface area contributed by atoms with Gasteiger partial charge >= 0.3 is 0 Å². The van der Waals surface area contributed by atoms with E-state index in [1.165, 1.54) is 0 Å². The molecule has 20 heavy (non-hydrogen) atoms. The number of nitrogens with zero attached hydrogens (tertiary/aromatic N) is 1. The van der Waals surface area contributed by atoms with E-state index in [0.29, 0.717) is 6.61 Å². The highest BCUT2D eigenvalue weighted by molar-refractivity contribution is 5.40. The molecule has 0 spiro atoms. The Morgan fingerprint density at radius 3 is 2.80 bits per heavy atom. The molecule has 106 valence electrons. The van der Waals surface area contributed by atoms with Crippen LogP contribution in [0.25, 0.3) is 0 Å². The van der Waals surface area contributed by atoms with Gasteiger partial charge in [0.25, 0.3) is 0 Å². The minimum absolute atomic E-state index is 0.468. The van der Waals surface area contributed by atoms with Gasteiger partial charge in [0.15, 0.2) is 0 Å². The van der Waals surface area contributed by atoms with E-state index in [9.17, 15) is 0 Å². The van der Waals surface area contributed by atoms with E-state index in [0.717, 1.165) is 34.9 Å². The van der Waals surface area contributed by atoms with Gasteiger partial charge in [0.05, 0.1) is 12.8 Å². The second-order valence-electron chi connectivity index (χ2n) is 4.56. The lowest BCUT2D eigenvalue weighted by atomic mass is 10.2. The summed E-state index contributed by atoms with van der Waals surface area (Å²) < 4.78 is 11.1. The van der Waals surface area contributed by atoms with E-state index in [1.807, 2.05) is 44.3 Å². The molecule has 0 saturated heterocycles. The van der Waals surface area contributed by atoms with Gasteiger partial charge in [-0.15, -0.1) is 0 Å². The summed E-state index contributed by atoms with van der Waals surface area (Å²) >= 11 is 0. The Labute approximate surface area is 119 Å². The molecule has 0 atom stereocenters. The van der Waals surface area contributed by atoms with Crippen LogP contribution in [0.4, 0.5) is 0 Å². The molecule has 0 fully saturated rings. The molecule has 0 unspecified atom stereocenters. The number of benzene rings is 1. The Kier molecular flexibility index (Phi) is 4.96. The maximum Gasteiger partial charge on any atom is 0.130 e. The number of aromatic nitrogens is 1. The quantitative estimate of drug-likeness (QED) is 0.878. The van der Waals surface area contributed by atoms with Gasteiger partial charge in [-0.1, -0.05) is 6.07 Å². The summed E-state index contributed by atoms with van der Waals surface area (Å²) in [6, 6.07) is 9.79. The maximum atomic E-state index is 5.90. The number of nitrogens with one attached hydrogen (secondary N) is 1. The second kappa shape index (κ2) is 6.91. The van der Waals surface area contributed by atoms with E-state index < -0.39 is 0 Å². The van der Waals surface area contributed by atoms with Gasteiger partial charge in [-0.05, 0) is 43.8 Å². The van der Waals surface area contributed by atoms with Crippen molar-refractivity contribution < 1.29 is 9.47 Å². The molecule has 2 rings (SSSR count). The van der Waals surface area contributed by atoms with Crippen LogP contribution >= 0.6 is 0 Å². The molecular weight excluding hydrogens is 252 g/mol. The first-order valence-corrected chi connectivity index (χ1v) is 6.59. The summed E-state index contributed by atoms with van der Waals surface area (Å²) in [6.45, 7) is 3.23. The molecule has 4 nitrogen and oxygen atoms in total. The maximum absolute atomic E-state index is 5.90. The normalized spacial score (nSPS) is 10.3. The van der Waals surface area contributed by atoms with Crippen LogP contribution in [0.5, 0.6) is 11.5 Å². The van der Waals surface area contributed by atoms with E-state index in [4.69, 9.17) is 9.47 Å². The van der Waals surface area contributed by atoms with Crippen molar-refractivity contribution in [1.29, 1.82) is 0 Å². The van der Waals surface area contributed by atoms with Crippen LogP contribution in [0.2, 0.25) is 0 Å². The van der Waals surface area contributed by atoms with Crippen LogP contribution < -0.4 is 14.8 Å². The van der Waals surface area contributed by atoms with Gasteiger partial charge in [-0.3, -0.25) is 4.98 Å². The number of hydrogen-bond acceptors (Lipinski definition) is 4. The lowest BCUT2D eigenvalue weighted by Crippen LogP contribution is -2.08. The number of ether oxygens (including phenoxy) is 2. The molecular formula is C16H20N2O2. The summed E-state index contributed by atoms with van der Waals surface area (Å²) in [6.07, 6.45) is 1.79. The first-order chi connectivity index (χ1) is 9.74. The lowest BCUT2D eigenvalue weighted by Gasteiger charge is -2.13. The average molecular weight is 272 g/mol.